The van der Waals surface area contributed by atoms with Gasteiger partial charge >= 0.3 is 6.61 Å². The number of ether oxygens (including phenoxy) is 1. The van der Waals surface area contributed by atoms with Crippen LogP contribution >= 0.6 is 0 Å². The van der Waals surface area contributed by atoms with Gasteiger partial charge in [0.1, 0.15) is 11.4 Å². The van der Waals surface area contributed by atoms with E-state index in [2.05, 4.69) is 20.0 Å². The van der Waals surface area contributed by atoms with Gasteiger partial charge in [0.2, 0.25) is 0 Å². The number of aromatic nitrogens is 2. The summed E-state index contributed by atoms with van der Waals surface area (Å²) in [5.74, 6) is -0.283. The molecule has 0 aliphatic heterocycles. The number of halogens is 2. The van der Waals surface area contributed by atoms with Crippen molar-refractivity contribution in [3.05, 3.63) is 53.6 Å². The van der Waals surface area contributed by atoms with Gasteiger partial charge in [-0.15, -0.1) is 0 Å². The second kappa shape index (κ2) is 6.93. The van der Waals surface area contributed by atoms with Gasteiger partial charge in [0.15, 0.2) is 0 Å². The summed E-state index contributed by atoms with van der Waals surface area (Å²) >= 11 is 0. The number of hydrogen-bond acceptors (Lipinski definition) is 4. The molecule has 0 aliphatic rings. The van der Waals surface area contributed by atoms with Crippen molar-refractivity contribution >= 4 is 5.91 Å². The highest BCUT2D eigenvalue weighted by atomic mass is 19.3. The maximum Gasteiger partial charge on any atom is 0.387 e. The van der Waals surface area contributed by atoms with Crippen molar-refractivity contribution in [2.24, 2.45) is 0 Å². The summed E-state index contributed by atoms with van der Waals surface area (Å²) in [6.07, 6.45) is 2.91. The highest BCUT2D eigenvalue weighted by Crippen LogP contribution is 2.19. The van der Waals surface area contributed by atoms with Crippen LogP contribution in [0.25, 0.3) is 0 Å². The number of alkyl halides is 2. The van der Waals surface area contributed by atoms with Crippen LogP contribution in [0.5, 0.6) is 5.75 Å². The number of nitrogens with zero attached hydrogens (tertiary/aromatic N) is 2. The van der Waals surface area contributed by atoms with Gasteiger partial charge in [-0.1, -0.05) is 12.1 Å². The van der Waals surface area contributed by atoms with Crippen molar-refractivity contribution < 1.29 is 18.3 Å². The van der Waals surface area contributed by atoms with Gasteiger partial charge in [0.05, 0.1) is 17.9 Å². The summed E-state index contributed by atoms with van der Waals surface area (Å²) in [4.78, 5) is 20.0. The highest BCUT2D eigenvalue weighted by molar-refractivity contribution is 5.92. The number of benzene rings is 1. The Balaban J connectivity index is 2.00. The Morgan fingerprint density at radius 2 is 1.86 bits per heavy atom. The molecular weight excluding hydrogens is 292 g/mol. The monoisotopic (exact) mass is 307 g/mol. The van der Waals surface area contributed by atoms with Crippen molar-refractivity contribution in [1.29, 1.82) is 0 Å². The van der Waals surface area contributed by atoms with Crippen LogP contribution in [-0.2, 0) is 0 Å². The molecule has 0 saturated heterocycles. The lowest BCUT2D eigenvalue weighted by Gasteiger charge is -2.14. The summed E-state index contributed by atoms with van der Waals surface area (Å²) < 4.78 is 28.4. The fraction of sp³-hybridized carbons (Fsp3) is 0.267. The van der Waals surface area contributed by atoms with E-state index < -0.39 is 6.61 Å². The van der Waals surface area contributed by atoms with Gasteiger partial charge in [-0.2, -0.15) is 8.78 Å². The second-order valence-corrected chi connectivity index (χ2v) is 4.69. The van der Waals surface area contributed by atoms with Crippen molar-refractivity contribution in [1.82, 2.24) is 15.3 Å². The molecule has 1 aromatic heterocycles. The Hall–Kier alpha value is -2.57. The SMILES string of the molecule is Cc1cnc(C(=O)N[C@@H](C)c2ccc(OC(F)F)cc2)cn1. The molecule has 0 radical (unpaired) electrons. The van der Waals surface area contributed by atoms with E-state index in [4.69, 9.17) is 0 Å². The number of carbonyl (C=O) groups excluding carboxylic acids is 1. The van der Waals surface area contributed by atoms with E-state index in [0.29, 0.717) is 0 Å². The van der Waals surface area contributed by atoms with Crippen molar-refractivity contribution in [2.45, 2.75) is 26.5 Å². The molecule has 0 spiro atoms. The van der Waals surface area contributed by atoms with Gasteiger partial charge < -0.3 is 10.1 Å². The van der Waals surface area contributed by atoms with Crippen LogP contribution in [-0.4, -0.2) is 22.5 Å². The lowest BCUT2D eigenvalue weighted by molar-refractivity contribution is -0.0498. The van der Waals surface area contributed by atoms with Gasteiger partial charge in [0, 0.05) is 6.20 Å². The average molecular weight is 307 g/mol. The normalized spacial score (nSPS) is 12.0. The summed E-state index contributed by atoms with van der Waals surface area (Å²) in [7, 11) is 0. The van der Waals surface area contributed by atoms with E-state index in [1.807, 2.05) is 0 Å². The number of aryl methyl sites for hydroxylation is 1. The van der Waals surface area contributed by atoms with E-state index in [1.165, 1.54) is 24.5 Å². The molecule has 1 N–H and O–H groups in total. The Bertz CT molecular complexity index is 630. The first kappa shape index (κ1) is 15.8. The van der Waals surface area contributed by atoms with Gasteiger partial charge in [-0.25, -0.2) is 4.98 Å². The molecule has 22 heavy (non-hydrogen) atoms. The zero-order valence-corrected chi connectivity index (χ0v) is 12.1. The fourth-order valence-electron chi connectivity index (χ4n) is 1.80. The molecule has 0 aliphatic carbocycles. The average Bonchev–Trinajstić information content (AvgIpc) is 2.48. The second-order valence-electron chi connectivity index (χ2n) is 4.69. The van der Waals surface area contributed by atoms with Gasteiger partial charge in [0.25, 0.3) is 5.91 Å². The van der Waals surface area contributed by atoms with E-state index in [-0.39, 0.29) is 23.4 Å². The minimum absolute atomic E-state index is 0.0710. The van der Waals surface area contributed by atoms with E-state index in [0.717, 1.165) is 11.3 Å². The predicted molar refractivity (Wildman–Crippen MR) is 75.7 cm³/mol. The summed E-state index contributed by atoms with van der Waals surface area (Å²) in [5.41, 5.74) is 1.70. The van der Waals surface area contributed by atoms with Crippen LogP contribution in [0.3, 0.4) is 0 Å². The molecule has 0 unspecified atom stereocenters. The fourth-order valence-corrected chi connectivity index (χ4v) is 1.80. The highest BCUT2D eigenvalue weighted by Gasteiger charge is 2.13. The van der Waals surface area contributed by atoms with Crippen LogP contribution < -0.4 is 10.1 Å². The van der Waals surface area contributed by atoms with E-state index in [9.17, 15) is 13.6 Å². The third-order valence-electron chi connectivity index (χ3n) is 2.97. The summed E-state index contributed by atoms with van der Waals surface area (Å²) in [6.45, 7) is 0.700. The predicted octanol–water partition coefficient (Wildman–Crippen LogP) is 2.88. The van der Waals surface area contributed by atoms with Crippen LogP contribution in [0, 0.1) is 6.92 Å². The molecule has 116 valence electrons. The zero-order chi connectivity index (χ0) is 16.1. The maximum absolute atomic E-state index is 12.1. The number of carbonyl (C=O) groups is 1. The topological polar surface area (TPSA) is 64.1 Å². The molecule has 1 atom stereocenters. The third-order valence-corrected chi connectivity index (χ3v) is 2.97. The number of hydrogen-bond donors (Lipinski definition) is 1. The lowest BCUT2D eigenvalue weighted by atomic mass is 10.1. The quantitative estimate of drug-likeness (QED) is 0.922. The van der Waals surface area contributed by atoms with Crippen molar-refractivity contribution in [3.8, 4) is 5.75 Å². The smallest absolute Gasteiger partial charge is 0.387 e. The van der Waals surface area contributed by atoms with Crippen molar-refractivity contribution in [2.75, 3.05) is 0 Å². The molecule has 1 aromatic carbocycles. The maximum atomic E-state index is 12.1. The Morgan fingerprint density at radius 3 is 2.41 bits per heavy atom. The van der Waals surface area contributed by atoms with Gasteiger partial charge in [-0.05, 0) is 31.5 Å². The van der Waals surface area contributed by atoms with Crippen LogP contribution in [0.2, 0.25) is 0 Å². The van der Waals surface area contributed by atoms with Crippen LogP contribution in [0.4, 0.5) is 8.78 Å². The molecular formula is C15H15F2N3O2. The lowest BCUT2D eigenvalue weighted by Crippen LogP contribution is -2.27. The van der Waals surface area contributed by atoms with Crippen LogP contribution in [0.1, 0.15) is 34.7 Å². The molecule has 0 saturated carbocycles. The first-order chi connectivity index (χ1) is 10.5. The first-order valence-corrected chi connectivity index (χ1v) is 6.60. The number of rotatable bonds is 5. The standard InChI is InChI=1S/C15H15F2N3O2/c1-9-7-19-13(8-18-9)14(21)20-10(2)11-3-5-12(6-4-11)22-15(16)17/h3-8,10,15H,1-2H3,(H,20,21)/t10-/m0/s1. The Morgan fingerprint density at radius 1 is 1.18 bits per heavy atom. The molecule has 0 bridgehead atoms. The molecule has 5 nitrogen and oxygen atoms in total. The summed E-state index contributed by atoms with van der Waals surface area (Å²) in [6, 6.07) is 5.77. The molecule has 2 aromatic rings. The van der Waals surface area contributed by atoms with E-state index >= 15 is 0 Å². The number of amides is 1. The first-order valence-electron chi connectivity index (χ1n) is 6.60. The molecule has 2 rings (SSSR count). The Kier molecular flexibility index (Phi) is 4.98. The molecule has 7 heteroatoms. The minimum atomic E-state index is -2.86. The molecule has 1 amide bonds. The Labute approximate surface area is 126 Å². The van der Waals surface area contributed by atoms with Crippen molar-refractivity contribution in [3.63, 3.8) is 0 Å². The van der Waals surface area contributed by atoms with E-state index in [1.54, 1.807) is 26.0 Å². The molecule has 1 heterocycles. The summed E-state index contributed by atoms with van der Waals surface area (Å²) in [5, 5.41) is 2.76. The number of nitrogens with one attached hydrogen (secondary N) is 1. The minimum Gasteiger partial charge on any atom is -0.435 e. The van der Waals surface area contributed by atoms with Gasteiger partial charge in [-0.3, -0.25) is 9.78 Å². The largest absolute Gasteiger partial charge is 0.435 e. The zero-order valence-electron chi connectivity index (χ0n) is 12.1. The molecule has 0 fully saturated rings. The van der Waals surface area contributed by atoms with Crippen LogP contribution in [0.15, 0.2) is 36.7 Å². The third kappa shape index (κ3) is 4.21.